The molecule has 12 heteroatoms. The molecule has 1 aliphatic rings. The molecule has 0 radical (unpaired) electrons. The number of nitro groups is 1. The Labute approximate surface area is 233 Å². The summed E-state index contributed by atoms with van der Waals surface area (Å²) in [6, 6.07) is 8.37. The van der Waals surface area contributed by atoms with E-state index in [2.05, 4.69) is 19.9 Å². The maximum atomic E-state index is 12.1. The number of nitrogens with zero attached hydrogens (tertiary/aromatic N) is 6. The smallest absolute Gasteiger partial charge is 0.294 e. The van der Waals surface area contributed by atoms with Crippen LogP contribution in [0.3, 0.4) is 0 Å². The number of methoxy groups -OCH3 is 1. The van der Waals surface area contributed by atoms with Crippen molar-refractivity contribution in [1.82, 2.24) is 19.4 Å². The molecule has 0 bridgehead atoms. The van der Waals surface area contributed by atoms with Gasteiger partial charge in [-0.3, -0.25) is 10.1 Å². The minimum atomic E-state index is -2.89. The number of anilines is 3. The summed E-state index contributed by atoms with van der Waals surface area (Å²) in [5.74, 6) is 1.06. The van der Waals surface area contributed by atoms with Gasteiger partial charge in [0.1, 0.15) is 23.8 Å². The zero-order valence-corrected chi connectivity index (χ0v) is 21.3. The van der Waals surface area contributed by atoms with Gasteiger partial charge in [-0.2, -0.15) is 0 Å². The highest BCUT2D eigenvalue weighted by molar-refractivity contribution is 6.33. The van der Waals surface area contributed by atoms with Gasteiger partial charge in [-0.1, -0.05) is 23.7 Å². The van der Waals surface area contributed by atoms with Crippen molar-refractivity contribution in [1.29, 1.82) is 0 Å². The summed E-state index contributed by atoms with van der Waals surface area (Å²) in [5, 5.41) is 16.3. The summed E-state index contributed by atoms with van der Waals surface area (Å²) in [7, 11) is 2.87. The van der Waals surface area contributed by atoms with E-state index >= 15 is 0 Å². The SMILES string of the molecule is [2H]C([2H])([2H])N(CCN(C)c1cc(OC)c(Nc2ncc(Cl)c(-c3cn4c5c(cccc35)OCC4)n2)cc1[N+](=O)[O-])C([2H])([2H])[2H]. The molecule has 0 unspecified atom stereocenters. The van der Waals surface area contributed by atoms with Gasteiger partial charge in [-0.15, -0.1) is 0 Å². The first kappa shape index (κ1) is 19.0. The topological polar surface area (TPSA) is 111 Å². The lowest BCUT2D eigenvalue weighted by molar-refractivity contribution is -0.384. The van der Waals surface area contributed by atoms with Gasteiger partial charge in [0.15, 0.2) is 0 Å². The Morgan fingerprint density at radius 2 is 2.18 bits per heavy atom. The Morgan fingerprint density at radius 1 is 1.34 bits per heavy atom. The van der Waals surface area contributed by atoms with Crippen molar-refractivity contribution in [3.63, 3.8) is 0 Å². The minimum absolute atomic E-state index is 0.0856. The number of likely N-dealkylation sites (N-methyl/N-ethyl adjacent to an activating group) is 2. The van der Waals surface area contributed by atoms with E-state index in [0.29, 0.717) is 28.8 Å². The van der Waals surface area contributed by atoms with Crippen molar-refractivity contribution in [3.05, 3.63) is 57.9 Å². The Balaban J connectivity index is 1.47. The second kappa shape index (κ2) is 10.3. The second-order valence-electron chi connectivity index (χ2n) is 8.62. The van der Waals surface area contributed by atoms with E-state index in [9.17, 15) is 10.1 Å². The van der Waals surface area contributed by atoms with Gasteiger partial charge in [-0.05, 0) is 20.0 Å². The average Bonchev–Trinajstić information content (AvgIpc) is 3.32. The van der Waals surface area contributed by atoms with Crippen LogP contribution in [0.4, 0.5) is 23.0 Å². The molecule has 5 rings (SSSR count). The van der Waals surface area contributed by atoms with Crippen LogP contribution in [0.1, 0.15) is 8.22 Å². The summed E-state index contributed by atoms with van der Waals surface area (Å²) >= 11 is 6.54. The van der Waals surface area contributed by atoms with Gasteiger partial charge in [0.05, 0.1) is 46.7 Å². The molecule has 0 saturated carbocycles. The lowest BCUT2D eigenvalue weighted by atomic mass is 10.1. The van der Waals surface area contributed by atoms with E-state index in [4.69, 9.17) is 29.3 Å². The lowest BCUT2D eigenvalue weighted by Gasteiger charge is -2.22. The van der Waals surface area contributed by atoms with Crippen LogP contribution in [0.2, 0.25) is 5.02 Å². The number of nitrogens with one attached hydrogen (secondary N) is 1. The predicted octanol–water partition coefficient (Wildman–Crippen LogP) is 4.80. The number of hydrogen-bond acceptors (Lipinski definition) is 9. The third-order valence-corrected chi connectivity index (χ3v) is 6.54. The van der Waals surface area contributed by atoms with Gasteiger partial charge in [0.2, 0.25) is 5.95 Å². The third-order valence-electron chi connectivity index (χ3n) is 6.26. The quantitative estimate of drug-likeness (QED) is 0.235. The Kier molecular flexibility index (Phi) is 5.19. The fraction of sp³-hybridized carbons (Fsp3) is 0.308. The molecule has 4 aromatic rings. The van der Waals surface area contributed by atoms with Gasteiger partial charge in [-0.25, -0.2) is 9.97 Å². The number of halogens is 1. The Bertz CT molecular complexity index is 1720. The van der Waals surface area contributed by atoms with E-state index in [1.54, 1.807) is 0 Å². The van der Waals surface area contributed by atoms with E-state index < -0.39 is 25.4 Å². The number of para-hydroxylation sites is 1. The number of ether oxygens (including phenoxy) is 2. The molecular weight excluding hydrogens is 510 g/mol. The first-order valence-corrected chi connectivity index (χ1v) is 12.0. The molecule has 198 valence electrons. The highest BCUT2D eigenvalue weighted by Crippen LogP contribution is 2.41. The number of rotatable bonds is 9. The molecule has 38 heavy (non-hydrogen) atoms. The van der Waals surface area contributed by atoms with Crippen molar-refractivity contribution >= 4 is 45.5 Å². The van der Waals surface area contributed by atoms with Crippen molar-refractivity contribution in [3.8, 4) is 22.8 Å². The van der Waals surface area contributed by atoms with Crippen LogP contribution in [0.15, 0.2) is 42.7 Å². The summed E-state index contributed by atoms with van der Waals surface area (Å²) in [5.41, 5.74) is 2.07. The molecule has 3 heterocycles. The van der Waals surface area contributed by atoms with E-state index in [1.807, 2.05) is 24.4 Å². The molecule has 1 N–H and O–H groups in total. The zero-order chi connectivity index (χ0) is 32.0. The molecule has 11 nitrogen and oxygen atoms in total. The molecule has 0 saturated heterocycles. The van der Waals surface area contributed by atoms with Crippen molar-refractivity contribution in [2.45, 2.75) is 6.54 Å². The Morgan fingerprint density at radius 3 is 2.95 bits per heavy atom. The largest absolute Gasteiger partial charge is 0.494 e. The Hall–Kier alpha value is -4.09. The normalized spacial score (nSPS) is 15.5. The van der Waals surface area contributed by atoms with Crippen molar-refractivity contribution < 1.29 is 22.6 Å². The third kappa shape index (κ3) is 4.77. The van der Waals surface area contributed by atoms with Crippen LogP contribution in [-0.2, 0) is 6.54 Å². The first-order chi connectivity index (χ1) is 20.7. The van der Waals surface area contributed by atoms with E-state index in [1.165, 1.54) is 37.4 Å². The second-order valence-corrected chi connectivity index (χ2v) is 9.03. The molecule has 2 aromatic heterocycles. The molecule has 1 aliphatic heterocycles. The number of benzene rings is 2. The van der Waals surface area contributed by atoms with Gasteiger partial charge in [0, 0.05) is 57.6 Å². The van der Waals surface area contributed by atoms with Gasteiger partial charge < -0.3 is 29.2 Å². The van der Waals surface area contributed by atoms with Crippen LogP contribution < -0.4 is 19.7 Å². The van der Waals surface area contributed by atoms with E-state index in [0.717, 1.165) is 22.2 Å². The first-order valence-electron chi connectivity index (χ1n) is 14.6. The van der Waals surface area contributed by atoms with Crippen LogP contribution in [0, 0.1) is 10.1 Å². The van der Waals surface area contributed by atoms with Gasteiger partial charge >= 0.3 is 0 Å². The van der Waals surface area contributed by atoms with Crippen LogP contribution in [0.5, 0.6) is 11.5 Å². The summed E-state index contributed by atoms with van der Waals surface area (Å²) in [4.78, 5) is 22.2. The van der Waals surface area contributed by atoms with Gasteiger partial charge in [0.25, 0.3) is 5.69 Å². The molecule has 0 fully saturated rings. The highest BCUT2D eigenvalue weighted by atomic mass is 35.5. The highest BCUT2D eigenvalue weighted by Gasteiger charge is 2.24. The molecule has 2 aromatic carbocycles. The molecular formula is C26H28ClN7O4. The van der Waals surface area contributed by atoms with Crippen LogP contribution in [-0.4, -0.2) is 72.2 Å². The predicted molar refractivity (Wildman–Crippen MR) is 148 cm³/mol. The lowest BCUT2D eigenvalue weighted by Crippen LogP contribution is -2.28. The fourth-order valence-corrected chi connectivity index (χ4v) is 4.64. The van der Waals surface area contributed by atoms with Crippen molar-refractivity contribution in [2.75, 3.05) is 58.0 Å². The van der Waals surface area contributed by atoms with E-state index in [-0.39, 0.29) is 35.3 Å². The number of aromatic nitrogens is 3. The molecule has 0 aliphatic carbocycles. The maximum Gasteiger partial charge on any atom is 0.294 e. The number of hydrogen-bond donors (Lipinski definition) is 1. The summed E-state index contributed by atoms with van der Waals surface area (Å²) < 4.78 is 58.8. The van der Waals surface area contributed by atoms with Crippen LogP contribution in [0.25, 0.3) is 22.2 Å². The standard InChI is InChI=1S/C26H28ClN7O4/c1-31(2)8-9-32(3)20-13-23(37-4)19(12-21(20)34(35)36)29-26-28-14-18(27)24(30-26)17-15-33-10-11-38-22-7-5-6-16(17)25(22)33/h5-7,12-15H,8-11H2,1-4H3,(H,28,29,30)/i1D3,2D3. The molecule has 0 spiro atoms. The monoisotopic (exact) mass is 543 g/mol. The van der Waals surface area contributed by atoms with Crippen molar-refractivity contribution in [2.24, 2.45) is 0 Å². The number of nitro benzene ring substituents is 1. The fourth-order valence-electron chi connectivity index (χ4n) is 4.44. The maximum absolute atomic E-state index is 12.1. The minimum Gasteiger partial charge on any atom is -0.494 e. The summed E-state index contributed by atoms with van der Waals surface area (Å²) in [6.07, 6.45) is 3.38. The zero-order valence-electron chi connectivity index (χ0n) is 26.6. The average molecular weight is 544 g/mol. The summed E-state index contributed by atoms with van der Waals surface area (Å²) in [6.45, 7) is -5.13. The molecule has 0 amide bonds. The molecule has 0 atom stereocenters. The van der Waals surface area contributed by atoms with Crippen LogP contribution >= 0.6 is 11.6 Å².